The lowest BCUT2D eigenvalue weighted by atomic mass is 10.1. The number of furan rings is 1. The highest BCUT2D eigenvalue weighted by Crippen LogP contribution is 2.29. The van der Waals surface area contributed by atoms with Crippen LogP contribution in [0.1, 0.15) is 33.4 Å². The Morgan fingerprint density at radius 2 is 1.92 bits per heavy atom. The molecule has 1 aromatic carbocycles. The molecule has 0 spiro atoms. The third-order valence-corrected chi connectivity index (χ3v) is 3.72. The Balaban J connectivity index is 2.14. The quantitative estimate of drug-likeness (QED) is 0.742. The van der Waals surface area contributed by atoms with Crippen molar-refractivity contribution in [3.63, 3.8) is 0 Å². The largest absolute Gasteiger partial charge is 0.482 e. The number of benzene rings is 1. The fourth-order valence-electron chi connectivity index (χ4n) is 2.19. The minimum absolute atomic E-state index is 0.0319. The number of rotatable bonds is 6. The number of aryl methyl sites for hydroxylation is 1. The van der Waals surface area contributed by atoms with E-state index >= 15 is 0 Å². The van der Waals surface area contributed by atoms with Gasteiger partial charge in [0.1, 0.15) is 17.1 Å². The molecule has 132 valence electrons. The molecule has 2 aromatic rings. The summed E-state index contributed by atoms with van der Waals surface area (Å²) in [5.74, 6) is -1.68. The first-order valence-electron chi connectivity index (χ1n) is 7.02. The Bertz CT molecular complexity index is 860. The van der Waals surface area contributed by atoms with Gasteiger partial charge in [-0.3, -0.25) is 19.7 Å². The van der Waals surface area contributed by atoms with Crippen LogP contribution in [0.15, 0.2) is 22.6 Å². The van der Waals surface area contributed by atoms with Gasteiger partial charge in [-0.05, 0) is 32.0 Å². The fraction of sp³-hybridized carbons (Fsp3) is 0.188. The van der Waals surface area contributed by atoms with Crippen molar-refractivity contribution in [3.8, 4) is 5.75 Å². The van der Waals surface area contributed by atoms with Crippen molar-refractivity contribution in [2.24, 2.45) is 5.73 Å². The van der Waals surface area contributed by atoms with Crippen molar-refractivity contribution >= 4 is 46.7 Å². The summed E-state index contributed by atoms with van der Waals surface area (Å²) >= 11 is 11.7. The van der Waals surface area contributed by atoms with Gasteiger partial charge in [-0.25, -0.2) is 0 Å². The van der Waals surface area contributed by atoms with Gasteiger partial charge in [-0.15, -0.1) is 0 Å². The number of primary amides is 1. The monoisotopic (exact) mass is 384 g/mol. The number of halogens is 2. The number of hydrogen-bond acceptors (Lipinski definition) is 5. The average molecular weight is 385 g/mol. The normalized spacial score (nSPS) is 10.4. The van der Waals surface area contributed by atoms with Crippen molar-refractivity contribution < 1.29 is 23.5 Å². The molecule has 0 bridgehead atoms. The van der Waals surface area contributed by atoms with E-state index in [1.54, 1.807) is 6.07 Å². The molecule has 1 heterocycles. The first-order chi connectivity index (χ1) is 11.7. The number of Topliss-reactive ketones (excluding diaryl/α,β-unsaturated/α-hetero) is 1. The standard InChI is InChI=1S/C16H14Cl2N2O5/c1-7(21)13-8(2)25-16(14(13)15(19)23)20-12(22)6-24-11-4-3-9(17)5-10(11)18/h3-5H,6H2,1-2H3,(H2,19,23)(H,20,22). The smallest absolute Gasteiger partial charge is 0.264 e. The molecule has 0 aliphatic rings. The molecule has 2 amide bonds. The van der Waals surface area contributed by atoms with Crippen molar-refractivity contribution in [2.45, 2.75) is 13.8 Å². The highest BCUT2D eigenvalue weighted by Gasteiger charge is 2.26. The van der Waals surface area contributed by atoms with Crippen molar-refractivity contribution in [2.75, 3.05) is 11.9 Å². The minimum atomic E-state index is -0.890. The first-order valence-corrected chi connectivity index (χ1v) is 7.78. The number of ketones is 1. The zero-order valence-corrected chi connectivity index (χ0v) is 14.8. The van der Waals surface area contributed by atoms with E-state index in [0.29, 0.717) is 5.02 Å². The van der Waals surface area contributed by atoms with E-state index in [2.05, 4.69) is 5.32 Å². The van der Waals surface area contributed by atoms with E-state index in [4.69, 9.17) is 38.1 Å². The van der Waals surface area contributed by atoms with Crippen LogP contribution in [-0.4, -0.2) is 24.2 Å². The summed E-state index contributed by atoms with van der Waals surface area (Å²) in [6.07, 6.45) is 0. The molecule has 0 aliphatic carbocycles. The Labute approximate surface area is 153 Å². The van der Waals surface area contributed by atoms with Crippen molar-refractivity contribution in [1.29, 1.82) is 0 Å². The first kappa shape index (κ1) is 18.8. The molecule has 9 heteroatoms. The zero-order valence-electron chi connectivity index (χ0n) is 13.3. The van der Waals surface area contributed by atoms with Gasteiger partial charge in [-0.1, -0.05) is 23.2 Å². The van der Waals surface area contributed by atoms with Gasteiger partial charge in [0.25, 0.3) is 11.8 Å². The van der Waals surface area contributed by atoms with Crippen LogP contribution < -0.4 is 15.8 Å². The lowest BCUT2D eigenvalue weighted by molar-refractivity contribution is -0.118. The summed E-state index contributed by atoms with van der Waals surface area (Å²) in [7, 11) is 0. The average Bonchev–Trinajstić information content (AvgIpc) is 2.82. The highest BCUT2D eigenvalue weighted by atomic mass is 35.5. The second-order valence-corrected chi connectivity index (χ2v) is 5.91. The molecule has 0 unspecified atom stereocenters. The molecule has 0 fully saturated rings. The number of anilines is 1. The van der Waals surface area contributed by atoms with Gasteiger partial charge >= 0.3 is 0 Å². The van der Waals surface area contributed by atoms with Crippen LogP contribution in [0.3, 0.4) is 0 Å². The molecule has 1 aromatic heterocycles. The number of carbonyl (C=O) groups excluding carboxylic acids is 3. The van der Waals surface area contributed by atoms with Crippen molar-refractivity contribution in [3.05, 3.63) is 45.1 Å². The summed E-state index contributed by atoms with van der Waals surface area (Å²) < 4.78 is 10.6. The van der Waals surface area contributed by atoms with Gasteiger partial charge in [0.2, 0.25) is 5.88 Å². The summed E-state index contributed by atoms with van der Waals surface area (Å²) in [6, 6.07) is 4.54. The third-order valence-electron chi connectivity index (χ3n) is 3.19. The number of amides is 2. The molecule has 0 radical (unpaired) electrons. The lowest BCUT2D eigenvalue weighted by Gasteiger charge is -2.08. The maximum atomic E-state index is 12.0. The van der Waals surface area contributed by atoms with Crippen LogP contribution >= 0.6 is 23.2 Å². The van der Waals surface area contributed by atoms with E-state index in [9.17, 15) is 14.4 Å². The maximum Gasteiger partial charge on any atom is 0.264 e. The Hall–Kier alpha value is -2.51. The van der Waals surface area contributed by atoms with E-state index in [1.165, 1.54) is 26.0 Å². The molecule has 2 rings (SSSR count). The second-order valence-electron chi connectivity index (χ2n) is 5.07. The van der Waals surface area contributed by atoms with Gasteiger partial charge in [0.05, 0.1) is 10.6 Å². The molecule has 25 heavy (non-hydrogen) atoms. The third kappa shape index (κ3) is 4.32. The summed E-state index contributed by atoms with van der Waals surface area (Å²) in [4.78, 5) is 35.3. The molecular formula is C16H14Cl2N2O5. The zero-order chi connectivity index (χ0) is 18.7. The summed E-state index contributed by atoms with van der Waals surface area (Å²) in [5.41, 5.74) is 5.13. The van der Waals surface area contributed by atoms with Gasteiger partial charge in [-0.2, -0.15) is 0 Å². The molecule has 3 N–H and O–H groups in total. The van der Waals surface area contributed by atoms with Gasteiger partial charge in [0, 0.05) is 5.02 Å². The number of nitrogens with one attached hydrogen (secondary N) is 1. The van der Waals surface area contributed by atoms with E-state index in [1.807, 2.05) is 0 Å². The van der Waals surface area contributed by atoms with Crippen LogP contribution in [0.25, 0.3) is 0 Å². The lowest BCUT2D eigenvalue weighted by Crippen LogP contribution is -2.23. The number of nitrogens with two attached hydrogens (primary N) is 1. The number of carbonyl (C=O) groups is 3. The van der Waals surface area contributed by atoms with Crippen LogP contribution in [0.4, 0.5) is 5.88 Å². The predicted octanol–water partition coefficient (Wildman–Crippen LogP) is 3.21. The fourth-order valence-corrected chi connectivity index (χ4v) is 2.65. The Morgan fingerprint density at radius 1 is 1.24 bits per heavy atom. The molecule has 0 aliphatic heterocycles. The van der Waals surface area contributed by atoms with Crippen LogP contribution in [0, 0.1) is 6.92 Å². The molecule has 7 nitrogen and oxygen atoms in total. The summed E-state index contributed by atoms with van der Waals surface area (Å²) in [5, 5.41) is 3.02. The maximum absolute atomic E-state index is 12.0. The van der Waals surface area contributed by atoms with Gasteiger partial charge < -0.3 is 14.9 Å². The highest BCUT2D eigenvalue weighted by molar-refractivity contribution is 6.35. The predicted molar refractivity (Wildman–Crippen MR) is 92.6 cm³/mol. The molecule has 0 saturated heterocycles. The Kier molecular flexibility index (Phi) is 5.71. The molecule has 0 atom stereocenters. The number of hydrogen-bond donors (Lipinski definition) is 2. The van der Waals surface area contributed by atoms with Crippen molar-refractivity contribution in [1.82, 2.24) is 0 Å². The van der Waals surface area contributed by atoms with Crippen LogP contribution in [-0.2, 0) is 4.79 Å². The second kappa shape index (κ2) is 7.58. The van der Waals surface area contributed by atoms with Crippen LogP contribution in [0.2, 0.25) is 10.0 Å². The Morgan fingerprint density at radius 3 is 2.48 bits per heavy atom. The SMILES string of the molecule is CC(=O)c1c(C)oc(NC(=O)COc2ccc(Cl)cc2Cl)c1C(N)=O. The molecule has 0 saturated carbocycles. The van der Waals surface area contributed by atoms with E-state index in [0.717, 1.165) is 0 Å². The minimum Gasteiger partial charge on any atom is -0.482 e. The van der Waals surface area contributed by atoms with E-state index < -0.39 is 24.2 Å². The number of ether oxygens (including phenoxy) is 1. The topological polar surface area (TPSA) is 112 Å². The van der Waals surface area contributed by atoms with Crippen LogP contribution in [0.5, 0.6) is 5.75 Å². The van der Waals surface area contributed by atoms with E-state index in [-0.39, 0.29) is 33.5 Å². The molecular weight excluding hydrogens is 371 g/mol. The summed E-state index contributed by atoms with van der Waals surface area (Å²) in [6.45, 7) is 2.35. The van der Waals surface area contributed by atoms with Gasteiger partial charge in [0.15, 0.2) is 12.4 Å².